The summed E-state index contributed by atoms with van der Waals surface area (Å²) in [5.74, 6) is 0.910. The highest BCUT2D eigenvalue weighted by Crippen LogP contribution is 2.11. The SMILES string of the molecule is CCOc1ccc(/C=N\N2CC[NH+](Cc3ccc(C)cc3)CC2)cc1. The fourth-order valence-electron chi connectivity index (χ4n) is 3.06. The van der Waals surface area contributed by atoms with Crippen LogP contribution in [0.4, 0.5) is 0 Å². The van der Waals surface area contributed by atoms with Crippen molar-refractivity contribution in [2.45, 2.75) is 20.4 Å². The van der Waals surface area contributed by atoms with Crippen molar-refractivity contribution in [3.05, 3.63) is 65.2 Å². The van der Waals surface area contributed by atoms with Crippen molar-refractivity contribution in [3.8, 4) is 5.75 Å². The van der Waals surface area contributed by atoms with E-state index in [1.165, 1.54) is 11.1 Å². The highest BCUT2D eigenvalue weighted by atomic mass is 16.5. The molecule has 2 aromatic rings. The van der Waals surface area contributed by atoms with E-state index >= 15 is 0 Å². The molecule has 3 rings (SSSR count). The van der Waals surface area contributed by atoms with Crippen molar-refractivity contribution in [1.82, 2.24) is 5.01 Å². The molecule has 0 spiro atoms. The zero-order valence-corrected chi connectivity index (χ0v) is 15.2. The molecule has 0 aliphatic carbocycles. The Hall–Kier alpha value is -2.33. The molecule has 0 bridgehead atoms. The zero-order valence-electron chi connectivity index (χ0n) is 15.2. The monoisotopic (exact) mass is 338 g/mol. The quantitative estimate of drug-likeness (QED) is 0.818. The normalized spacial score (nSPS) is 15.7. The summed E-state index contributed by atoms with van der Waals surface area (Å²) in [6.07, 6.45) is 1.95. The van der Waals surface area contributed by atoms with E-state index in [1.807, 2.05) is 37.4 Å². The molecular weight excluding hydrogens is 310 g/mol. The van der Waals surface area contributed by atoms with Crippen molar-refractivity contribution in [2.75, 3.05) is 32.8 Å². The molecule has 2 aromatic carbocycles. The van der Waals surface area contributed by atoms with Gasteiger partial charge in [0, 0.05) is 5.56 Å². The van der Waals surface area contributed by atoms with E-state index in [0.29, 0.717) is 6.61 Å². The molecule has 0 atom stereocenters. The summed E-state index contributed by atoms with van der Waals surface area (Å²) in [7, 11) is 0. The van der Waals surface area contributed by atoms with E-state index in [2.05, 4.69) is 41.3 Å². The highest BCUT2D eigenvalue weighted by Gasteiger charge is 2.18. The number of quaternary nitrogens is 1. The predicted molar refractivity (Wildman–Crippen MR) is 102 cm³/mol. The zero-order chi connectivity index (χ0) is 17.5. The Morgan fingerprint density at radius 3 is 2.36 bits per heavy atom. The minimum Gasteiger partial charge on any atom is -0.494 e. The van der Waals surface area contributed by atoms with Gasteiger partial charge in [-0.05, 0) is 43.7 Å². The summed E-state index contributed by atoms with van der Waals surface area (Å²) in [6.45, 7) is 10.2. The van der Waals surface area contributed by atoms with Crippen LogP contribution in [0.5, 0.6) is 5.75 Å². The molecule has 1 saturated heterocycles. The fourth-order valence-corrected chi connectivity index (χ4v) is 3.06. The third-order valence-electron chi connectivity index (χ3n) is 4.58. The second-order valence-electron chi connectivity index (χ2n) is 6.61. The number of hydrazone groups is 1. The minimum absolute atomic E-state index is 0.697. The van der Waals surface area contributed by atoms with Crippen molar-refractivity contribution >= 4 is 6.21 Å². The van der Waals surface area contributed by atoms with Crippen LogP contribution in [-0.2, 0) is 6.54 Å². The van der Waals surface area contributed by atoms with Gasteiger partial charge >= 0.3 is 0 Å². The predicted octanol–water partition coefficient (Wildman–Crippen LogP) is 2.13. The third kappa shape index (κ3) is 5.33. The summed E-state index contributed by atoms with van der Waals surface area (Å²) >= 11 is 0. The lowest BCUT2D eigenvalue weighted by Gasteiger charge is -2.30. The summed E-state index contributed by atoms with van der Waals surface area (Å²) in [4.78, 5) is 1.64. The van der Waals surface area contributed by atoms with Gasteiger partial charge in [-0.2, -0.15) is 5.10 Å². The minimum atomic E-state index is 0.697. The van der Waals surface area contributed by atoms with Gasteiger partial charge in [0.1, 0.15) is 12.3 Å². The molecule has 1 fully saturated rings. The summed E-state index contributed by atoms with van der Waals surface area (Å²) in [5.41, 5.74) is 3.86. The van der Waals surface area contributed by atoms with Crippen LogP contribution in [0.25, 0.3) is 0 Å². The Labute approximate surface area is 150 Å². The summed E-state index contributed by atoms with van der Waals surface area (Å²) < 4.78 is 5.46. The van der Waals surface area contributed by atoms with Crippen molar-refractivity contribution in [1.29, 1.82) is 0 Å². The molecule has 25 heavy (non-hydrogen) atoms. The Kier molecular flexibility index (Phi) is 6.07. The number of piperazine rings is 1. The van der Waals surface area contributed by atoms with Gasteiger partial charge in [0.15, 0.2) is 0 Å². The van der Waals surface area contributed by atoms with Gasteiger partial charge in [-0.3, -0.25) is 5.01 Å². The second kappa shape index (κ2) is 8.67. The molecule has 0 saturated carbocycles. The lowest BCUT2D eigenvalue weighted by Crippen LogP contribution is -3.13. The molecule has 4 heteroatoms. The van der Waals surface area contributed by atoms with Crippen LogP contribution in [0, 0.1) is 6.92 Å². The Balaban J connectivity index is 1.46. The number of ether oxygens (including phenoxy) is 1. The molecule has 1 heterocycles. The first-order valence-corrected chi connectivity index (χ1v) is 9.14. The maximum atomic E-state index is 5.46. The average molecular weight is 338 g/mol. The number of hydrogen-bond acceptors (Lipinski definition) is 3. The van der Waals surface area contributed by atoms with Gasteiger partial charge < -0.3 is 9.64 Å². The molecule has 0 aromatic heterocycles. The van der Waals surface area contributed by atoms with Gasteiger partial charge in [-0.1, -0.05) is 29.8 Å². The smallest absolute Gasteiger partial charge is 0.119 e. The van der Waals surface area contributed by atoms with E-state index < -0.39 is 0 Å². The highest BCUT2D eigenvalue weighted by molar-refractivity contribution is 5.79. The fraction of sp³-hybridized carbons (Fsp3) is 0.381. The maximum Gasteiger partial charge on any atom is 0.119 e. The lowest BCUT2D eigenvalue weighted by molar-refractivity contribution is -0.918. The van der Waals surface area contributed by atoms with E-state index in [-0.39, 0.29) is 0 Å². The van der Waals surface area contributed by atoms with Gasteiger partial charge in [-0.25, -0.2) is 0 Å². The molecule has 1 aliphatic rings. The number of nitrogens with one attached hydrogen (secondary N) is 1. The van der Waals surface area contributed by atoms with E-state index in [9.17, 15) is 0 Å². The Morgan fingerprint density at radius 2 is 1.72 bits per heavy atom. The first-order chi connectivity index (χ1) is 12.2. The summed E-state index contributed by atoms with van der Waals surface area (Å²) in [5, 5.41) is 6.81. The standard InChI is InChI=1S/C21H27N3O/c1-3-25-21-10-8-19(9-11-21)16-22-24-14-12-23(13-15-24)17-20-6-4-18(2)5-7-20/h4-11,16H,3,12-15,17H2,1-2H3/p+1/b22-16-. The van der Waals surface area contributed by atoms with Crippen LogP contribution >= 0.6 is 0 Å². The number of nitrogens with zero attached hydrogens (tertiary/aromatic N) is 2. The molecule has 0 radical (unpaired) electrons. The Bertz CT molecular complexity index is 671. The van der Waals surface area contributed by atoms with Gasteiger partial charge in [-0.15, -0.1) is 0 Å². The number of benzene rings is 2. The molecule has 0 amide bonds. The van der Waals surface area contributed by atoms with Crippen LogP contribution in [0.2, 0.25) is 0 Å². The molecular formula is C21H28N3O+. The molecule has 4 nitrogen and oxygen atoms in total. The molecule has 132 valence electrons. The van der Waals surface area contributed by atoms with Crippen LogP contribution in [0.3, 0.4) is 0 Å². The van der Waals surface area contributed by atoms with E-state index in [4.69, 9.17) is 4.74 Å². The van der Waals surface area contributed by atoms with Crippen molar-refractivity contribution in [2.24, 2.45) is 5.10 Å². The largest absolute Gasteiger partial charge is 0.494 e. The average Bonchev–Trinajstić information content (AvgIpc) is 2.64. The van der Waals surface area contributed by atoms with Crippen LogP contribution in [0.1, 0.15) is 23.6 Å². The van der Waals surface area contributed by atoms with E-state index in [1.54, 1.807) is 4.90 Å². The Morgan fingerprint density at radius 1 is 1.04 bits per heavy atom. The van der Waals surface area contributed by atoms with Crippen molar-refractivity contribution < 1.29 is 9.64 Å². The van der Waals surface area contributed by atoms with Gasteiger partial charge in [0.05, 0.1) is 39.0 Å². The number of rotatable bonds is 6. The first-order valence-electron chi connectivity index (χ1n) is 9.14. The van der Waals surface area contributed by atoms with Gasteiger partial charge in [0.2, 0.25) is 0 Å². The summed E-state index contributed by atoms with van der Waals surface area (Å²) in [6, 6.07) is 17.0. The van der Waals surface area contributed by atoms with Crippen LogP contribution in [-0.4, -0.2) is 44.0 Å². The second-order valence-corrected chi connectivity index (χ2v) is 6.61. The number of hydrogen-bond donors (Lipinski definition) is 1. The first kappa shape index (κ1) is 17.5. The molecule has 1 aliphatic heterocycles. The third-order valence-corrected chi connectivity index (χ3v) is 4.58. The molecule has 1 N–H and O–H groups in total. The van der Waals surface area contributed by atoms with E-state index in [0.717, 1.165) is 44.0 Å². The molecule has 0 unspecified atom stereocenters. The lowest BCUT2D eigenvalue weighted by atomic mass is 10.1. The van der Waals surface area contributed by atoms with Crippen molar-refractivity contribution in [3.63, 3.8) is 0 Å². The van der Waals surface area contributed by atoms with Gasteiger partial charge in [0.25, 0.3) is 0 Å². The van der Waals surface area contributed by atoms with Crippen LogP contribution < -0.4 is 9.64 Å². The topological polar surface area (TPSA) is 29.3 Å². The number of aryl methyl sites for hydroxylation is 1. The maximum absolute atomic E-state index is 5.46. The van der Waals surface area contributed by atoms with Crippen LogP contribution in [0.15, 0.2) is 53.6 Å².